The number of halogens is 3. The molecule has 0 fully saturated rings. The lowest BCUT2D eigenvalue weighted by Crippen LogP contribution is -2.21. The average molecular weight is 299 g/mol. The third kappa shape index (κ3) is 8.55. The smallest absolute Gasteiger partial charge is 0.279 e. The highest BCUT2D eigenvalue weighted by molar-refractivity contribution is 7.86. The van der Waals surface area contributed by atoms with Crippen LogP contribution in [0.5, 0.6) is 0 Å². The number of hydrogen-bond donors (Lipinski definition) is 1. The van der Waals surface area contributed by atoms with Gasteiger partial charge in [-0.1, -0.05) is 25.8 Å². The molecule has 0 atom stereocenters. The fraction of sp³-hybridized carbons (Fsp3) is 0.545. The van der Waals surface area contributed by atoms with Crippen molar-refractivity contribution in [3.05, 3.63) is 30.1 Å². The zero-order valence-corrected chi connectivity index (χ0v) is 11.2. The molecule has 0 aliphatic heterocycles. The molecule has 0 radical (unpaired) electrons. The van der Waals surface area contributed by atoms with Gasteiger partial charge in [-0.05, 0) is 24.5 Å². The highest BCUT2D eigenvalue weighted by atomic mass is 32.2. The number of aromatic nitrogens is 1. The first-order valence-electron chi connectivity index (χ1n) is 5.61. The molecule has 0 aromatic carbocycles. The number of alkyl halides is 3. The minimum Gasteiger partial charge on any atom is -0.279 e. The van der Waals surface area contributed by atoms with Crippen LogP contribution in [0.1, 0.15) is 31.7 Å². The van der Waals surface area contributed by atoms with Crippen LogP contribution in [0.15, 0.2) is 24.5 Å². The topological polar surface area (TPSA) is 67.3 Å². The molecule has 19 heavy (non-hydrogen) atoms. The molecule has 1 N–H and O–H groups in total. The molecule has 0 bridgehead atoms. The Morgan fingerprint density at radius 3 is 2.26 bits per heavy atom. The first-order chi connectivity index (χ1) is 8.68. The van der Waals surface area contributed by atoms with Gasteiger partial charge in [0.1, 0.15) is 0 Å². The summed E-state index contributed by atoms with van der Waals surface area (Å²) in [6, 6.07) is 4.14. The van der Waals surface area contributed by atoms with E-state index in [0.717, 1.165) is 0 Å². The Morgan fingerprint density at radius 2 is 1.89 bits per heavy atom. The van der Waals surface area contributed by atoms with Crippen LogP contribution >= 0.6 is 0 Å². The maximum Gasteiger partial charge on any atom is 0.522 e. The number of rotatable bonds is 4. The van der Waals surface area contributed by atoms with E-state index in [4.69, 9.17) is 13.0 Å². The second-order valence-electron chi connectivity index (χ2n) is 3.74. The maximum absolute atomic E-state index is 10.7. The van der Waals surface area contributed by atoms with Gasteiger partial charge < -0.3 is 0 Å². The van der Waals surface area contributed by atoms with Crippen LogP contribution in [-0.4, -0.2) is 23.5 Å². The predicted molar refractivity (Wildman–Crippen MR) is 65.1 cm³/mol. The van der Waals surface area contributed by atoms with Crippen LogP contribution < -0.4 is 0 Å². The molecule has 1 aromatic rings. The fourth-order valence-corrected chi connectivity index (χ4v) is 1.13. The van der Waals surface area contributed by atoms with Crippen LogP contribution in [0.2, 0.25) is 0 Å². The summed E-state index contributed by atoms with van der Waals surface area (Å²) in [7, 11) is -5.84. The summed E-state index contributed by atoms with van der Waals surface area (Å²) in [6.07, 6.45) is 8.87. The predicted octanol–water partition coefficient (Wildman–Crippen LogP) is 3.21. The summed E-state index contributed by atoms with van der Waals surface area (Å²) in [5.41, 5.74) is -4.17. The van der Waals surface area contributed by atoms with Crippen molar-refractivity contribution >= 4 is 10.1 Å². The van der Waals surface area contributed by atoms with E-state index in [1.54, 1.807) is 0 Å². The molecule has 0 spiro atoms. The summed E-state index contributed by atoms with van der Waals surface area (Å²) >= 11 is 0. The molecule has 1 rings (SSSR count). The molecule has 8 heteroatoms. The van der Waals surface area contributed by atoms with Crippen molar-refractivity contribution in [1.82, 2.24) is 4.98 Å². The number of nitrogens with zero attached hydrogens (tertiary/aromatic N) is 1. The van der Waals surface area contributed by atoms with Crippen molar-refractivity contribution < 1.29 is 26.1 Å². The van der Waals surface area contributed by atoms with Crippen LogP contribution in [0.4, 0.5) is 13.2 Å². The number of hydrogen-bond acceptors (Lipinski definition) is 3. The van der Waals surface area contributed by atoms with Gasteiger partial charge in [-0.3, -0.25) is 9.54 Å². The van der Waals surface area contributed by atoms with Crippen molar-refractivity contribution in [2.24, 2.45) is 0 Å². The molecule has 1 aromatic heterocycles. The van der Waals surface area contributed by atoms with Gasteiger partial charge in [0.15, 0.2) is 0 Å². The molecule has 0 amide bonds. The van der Waals surface area contributed by atoms with E-state index in [1.807, 2.05) is 18.5 Å². The first kappa shape index (κ1) is 17.8. The Kier molecular flexibility index (Phi) is 7.62. The SMILES string of the molecule is CCCCCc1cccnc1.O=S(=O)(O)C(F)(F)F. The largest absolute Gasteiger partial charge is 0.522 e. The molecular weight excluding hydrogens is 283 g/mol. The maximum atomic E-state index is 10.7. The summed E-state index contributed by atoms with van der Waals surface area (Å²) in [5, 5.41) is 0. The van der Waals surface area contributed by atoms with Crippen molar-refractivity contribution in [2.45, 2.75) is 38.1 Å². The second-order valence-corrected chi connectivity index (χ2v) is 5.15. The Balaban J connectivity index is 0.000000362. The van der Waals surface area contributed by atoms with Crippen molar-refractivity contribution in [3.8, 4) is 0 Å². The molecular formula is C11H16F3NO3S. The van der Waals surface area contributed by atoms with Crippen molar-refractivity contribution in [2.75, 3.05) is 0 Å². The van der Waals surface area contributed by atoms with E-state index in [1.165, 1.54) is 31.2 Å². The van der Waals surface area contributed by atoms with Gasteiger partial charge in [0, 0.05) is 12.4 Å². The molecule has 0 saturated heterocycles. The highest BCUT2D eigenvalue weighted by Gasteiger charge is 2.44. The molecule has 0 aliphatic carbocycles. The molecule has 0 saturated carbocycles. The Morgan fingerprint density at radius 1 is 1.32 bits per heavy atom. The van der Waals surface area contributed by atoms with Crippen LogP contribution in [0.3, 0.4) is 0 Å². The van der Waals surface area contributed by atoms with E-state index in [0.29, 0.717) is 0 Å². The van der Waals surface area contributed by atoms with Crippen LogP contribution in [0.25, 0.3) is 0 Å². The lowest BCUT2D eigenvalue weighted by atomic mass is 10.1. The summed E-state index contributed by atoms with van der Waals surface area (Å²) in [4.78, 5) is 4.06. The number of aryl methyl sites for hydroxylation is 1. The monoisotopic (exact) mass is 299 g/mol. The first-order valence-corrected chi connectivity index (χ1v) is 7.05. The van der Waals surface area contributed by atoms with E-state index >= 15 is 0 Å². The van der Waals surface area contributed by atoms with Gasteiger partial charge in [0.25, 0.3) is 0 Å². The second kappa shape index (κ2) is 8.11. The Bertz CT molecular complexity index is 446. The standard InChI is InChI=1S/C10H15N.CHF3O3S/c1-2-3-4-6-10-7-5-8-11-9-10;2-1(3,4)8(5,6)7/h5,7-9H,2-4,6H2,1H3;(H,5,6,7). The molecule has 4 nitrogen and oxygen atoms in total. The zero-order valence-electron chi connectivity index (χ0n) is 10.4. The average Bonchev–Trinajstić information content (AvgIpc) is 2.29. The van der Waals surface area contributed by atoms with Gasteiger partial charge in [0.05, 0.1) is 0 Å². The van der Waals surface area contributed by atoms with Gasteiger partial charge >= 0.3 is 15.6 Å². The van der Waals surface area contributed by atoms with E-state index in [2.05, 4.69) is 18.0 Å². The zero-order chi connectivity index (χ0) is 14.9. The Hall–Kier alpha value is -1.15. The van der Waals surface area contributed by atoms with Gasteiger partial charge in [-0.15, -0.1) is 0 Å². The molecule has 1 heterocycles. The summed E-state index contributed by atoms with van der Waals surface area (Å²) in [6.45, 7) is 2.23. The van der Waals surface area contributed by atoms with Crippen LogP contribution in [0, 0.1) is 0 Å². The van der Waals surface area contributed by atoms with E-state index < -0.39 is 15.6 Å². The van der Waals surface area contributed by atoms with Crippen LogP contribution in [-0.2, 0) is 16.5 Å². The normalized spacial score (nSPS) is 11.6. The number of unbranched alkanes of at least 4 members (excludes halogenated alkanes) is 2. The third-order valence-electron chi connectivity index (χ3n) is 2.08. The van der Waals surface area contributed by atoms with Gasteiger partial charge in [-0.2, -0.15) is 21.6 Å². The highest BCUT2D eigenvalue weighted by Crippen LogP contribution is 2.20. The van der Waals surface area contributed by atoms with Gasteiger partial charge in [0.2, 0.25) is 0 Å². The summed E-state index contributed by atoms with van der Waals surface area (Å²) in [5.74, 6) is 0. The third-order valence-corrected chi connectivity index (χ3v) is 2.67. The fourth-order valence-electron chi connectivity index (χ4n) is 1.13. The minimum atomic E-state index is -5.84. The van der Waals surface area contributed by atoms with Gasteiger partial charge in [-0.25, -0.2) is 0 Å². The van der Waals surface area contributed by atoms with Crippen molar-refractivity contribution in [3.63, 3.8) is 0 Å². The minimum absolute atomic E-state index is 1.18. The van der Waals surface area contributed by atoms with E-state index in [-0.39, 0.29) is 0 Å². The molecule has 110 valence electrons. The summed E-state index contributed by atoms with van der Waals surface area (Å²) < 4.78 is 57.5. The lowest BCUT2D eigenvalue weighted by Gasteiger charge is -1.97. The molecule has 0 aliphatic rings. The quantitative estimate of drug-likeness (QED) is 0.526. The Labute approximate surface area is 110 Å². The number of pyridine rings is 1. The lowest BCUT2D eigenvalue weighted by molar-refractivity contribution is -0.0510. The van der Waals surface area contributed by atoms with Crippen molar-refractivity contribution in [1.29, 1.82) is 0 Å². The van der Waals surface area contributed by atoms with E-state index in [9.17, 15) is 13.2 Å². The molecule has 0 unspecified atom stereocenters.